The van der Waals surface area contributed by atoms with Crippen LogP contribution in [0.4, 0.5) is 0 Å². The Hall–Kier alpha value is -1.53. The van der Waals surface area contributed by atoms with Crippen LogP contribution in [-0.4, -0.2) is 43.1 Å². The van der Waals surface area contributed by atoms with Crippen molar-refractivity contribution < 1.29 is 28.6 Å². The summed E-state index contributed by atoms with van der Waals surface area (Å²) in [6.45, 7) is 8.52. The number of ketones is 2. The third kappa shape index (κ3) is 4.19. The lowest BCUT2D eigenvalue weighted by molar-refractivity contribution is -0.208. The first kappa shape index (κ1) is 25.6. The predicted molar refractivity (Wildman–Crippen MR) is 128 cm³/mol. The maximum atomic E-state index is 13.6. The molecule has 190 valence electrons. The molecule has 34 heavy (non-hydrogen) atoms. The van der Waals surface area contributed by atoms with Crippen LogP contribution in [0.1, 0.15) is 91.9 Å². The van der Waals surface area contributed by atoms with Gasteiger partial charge in [0.15, 0.2) is 12.4 Å². The Morgan fingerprint density at radius 1 is 1.06 bits per heavy atom. The first-order chi connectivity index (χ1) is 16.2. The lowest BCUT2D eigenvalue weighted by atomic mass is 9.46. The molecular weight excluding hydrogens is 432 g/mol. The van der Waals surface area contributed by atoms with Crippen LogP contribution in [0.3, 0.4) is 0 Å². The molecule has 0 amide bonds. The molecule has 0 aromatic heterocycles. The van der Waals surface area contributed by atoms with E-state index >= 15 is 0 Å². The van der Waals surface area contributed by atoms with E-state index in [1.807, 2.05) is 6.08 Å². The fraction of sp³-hybridized carbons (Fsp3) is 0.821. The fourth-order valence-corrected chi connectivity index (χ4v) is 8.06. The summed E-state index contributed by atoms with van der Waals surface area (Å²) < 4.78 is 17.3. The molecule has 0 aliphatic heterocycles. The van der Waals surface area contributed by atoms with E-state index in [9.17, 15) is 14.4 Å². The van der Waals surface area contributed by atoms with E-state index in [2.05, 4.69) is 20.8 Å². The van der Waals surface area contributed by atoms with Gasteiger partial charge in [-0.25, -0.2) is 0 Å². The van der Waals surface area contributed by atoms with Gasteiger partial charge in [0.1, 0.15) is 12.4 Å². The van der Waals surface area contributed by atoms with Crippen LogP contribution in [0.25, 0.3) is 0 Å². The highest BCUT2D eigenvalue weighted by Gasteiger charge is 2.67. The first-order valence-electron chi connectivity index (χ1n) is 13.3. The van der Waals surface area contributed by atoms with Crippen molar-refractivity contribution in [2.45, 2.75) is 97.5 Å². The van der Waals surface area contributed by atoms with Gasteiger partial charge in [-0.15, -0.1) is 0 Å². The molecule has 0 N–H and O–H groups in total. The van der Waals surface area contributed by atoms with Crippen molar-refractivity contribution in [1.29, 1.82) is 0 Å². The Morgan fingerprint density at radius 3 is 2.56 bits per heavy atom. The topological polar surface area (TPSA) is 78.9 Å². The molecule has 0 spiro atoms. The van der Waals surface area contributed by atoms with Gasteiger partial charge in [0.25, 0.3) is 0 Å². The fourth-order valence-electron chi connectivity index (χ4n) is 8.06. The van der Waals surface area contributed by atoms with Gasteiger partial charge in [-0.2, -0.15) is 0 Å². The molecule has 0 bridgehead atoms. The zero-order valence-corrected chi connectivity index (χ0v) is 21.5. The molecule has 0 unspecified atom stereocenters. The summed E-state index contributed by atoms with van der Waals surface area (Å²) in [5, 5.41) is 0. The Kier molecular flexibility index (Phi) is 7.40. The second-order valence-electron chi connectivity index (χ2n) is 11.5. The lowest BCUT2D eigenvalue weighted by Gasteiger charge is -2.59. The number of carbonyl (C=O) groups excluding carboxylic acids is 3. The van der Waals surface area contributed by atoms with E-state index in [0.29, 0.717) is 37.2 Å². The highest BCUT2D eigenvalue weighted by Crippen LogP contribution is 2.68. The van der Waals surface area contributed by atoms with Crippen LogP contribution in [-0.2, 0) is 28.6 Å². The van der Waals surface area contributed by atoms with E-state index in [4.69, 9.17) is 14.2 Å². The molecule has 0 aromatic rings. The summed E-state index contributed by atoms with van der Waals surface area (Å²) in [7, 11) is 0. The first-order valence-corrected chi connectivity index (χ1v) is 13.3. The van der Waals surface area contributed by atoms with E-state index in [-0.39, 0.29) is 35.8 Å². The SMILES string of the molecule is CCCCOCO[C@]1(C(=O)COC(C)=O)CC[C@H]2[C@@H]3CCC4=CC(=O)CC[C@]4(C)[C@H]3CC[C@@]21C. The predicted octanol–water partition coefficient (Wildman–Crippen LogP) is 5.18. The van der Waals surface area contributed by atoms with Gasteiger partial charge in [0.2, 0.25) is 5.78 Å². The molecular formula is C28H42O6. The van der Waals surface area contributed by atoms with Gasteiger partial charge < -0.3 is 14.2 Å². The molecule has 4 aliphatic rings. The minimum atomic E-state index is -0.982. The highest BCUT2D eigenvalue weighted by atomic mass is 16.7. The molecule has 0 radical (unpaired) electrons. The van der Waals surface area contributed by atoms with Gasteiger partial charge in [0.05, 0.1) is 0 Å². The smallest absolute Gasteiger partial charge is 0.303 e. The Labute approximate surface area is 204 Å². The van der Waals surface area contributed by atoms with Crippen molar-refractivity contribution in [3.05, 3.63) is 11.6 Å². The minimum absolute atomic E-state index is 0.0922. The normalized spacial score (nSPS) is 39.0. The molecule has 0 saturated heterocycles. The van der Waals surface area contributed by atoms with E-state index in [0.717, 1.165) is 51.4 Å². The average molecular weight is 475 g/mol. The third-order valence-electron chi connectivity index (χ3n) is 9.97. The number of esters is 1. The number of rotatable bonds is 9. The third-order valence-corrected chi connectivity index (χ3v) is 9.97. The van der Waals surface area contributed by atoms with Gasteiger partial charge in [0, 0.05) is 25.4 Å². The van der Waals surface area contributed by atoms with Gasteiger partial charge in [-0.05, 0) is 80.6 Å². The maximum absolute atomic E-state index is 13.6. The number of carbonyl (C=O) groups is 3. The van der Waals surface area contributed by atoms with Crippen LogP contribution in [0.15, 0.2) is 11.6 Å². The second kappa shape index (κ2) is 9.85. The molecule has 6 heteroatoms. The highest BCUT2D eigenvalue weighted by molar-refractivity contribution is 5.92. The summed E-state index contributed by atoms with van der Waals surface area (Å²) >= 11 is 0. The van der Waals surface area contributed by atoms with Crippen molar-refractivity contribution in [3.8, 4) is 0 Å². The van der Waals surface area contributed by atoms with E-state index < -0.39 is 11.6 Å². The summed E-state index contributed by atoms with van der Waals surface area (Å²) in [5.74, 6) is 1.13. The van der Waals surface area contributed by atoms with Crippen LogP contribution in [0.2, 0.25) is 0 Å². The Balaban J connectivity index is 1.59. The molecule has 4 aliphatic carbocycles. The van der Waals surface area contributed by atoms with Gasteiger partial charge in [-0.1, -0.05) is 32.8 Å². The molecule has 4 rings (SSSR count). The van der Waals surface area contributed by atoms with Crippen molar-refractivity contribution in [3.63, 3.8) is 0 Å². The maximum Gasteiger partial charge on any atom is 0.303 e. The zero-order chi connectivity index (χ0) is 24.6. The summed E-state index contributed by atoms with van der Waals surface area (Å²) in [5.41, 5.74) is 0.144. The molecule has 0 heterocycles. The summed E-state index contributed by atoms with van der Waals surface area (Å²) in [6.07, 6.45) is 11.1. The lowest BCUT2D eigenvalue weighted by Crippen LogP contribution is -2.59. The number of hydrogen-bond acceptors (Lipinski definition) is 6. The number of unbranched alkanes of at least 4 members (excludes halogenated alkanes) is 1. The van der Waals surface area contributed by atoms with Crippen LogP contribution < -0.4 is 0 Å². The number of fused-ring (bicyclic) bond motifs is 5. The summed E-state index contributed by atoms with van der Waals surface area (Å²) in [4.78, 5) is 37.2. The number of hydrogen-bond donors (Lipinski definition) is 0. The van der Waals surface area contributed by atoms with Crippen molar-refractivity contribution in [2.75, 3.05) is 20.0 Å². The molecule has 6 atom stereocenters. The Bertz CT molecular complexity index is 848. The number of ether oxygens (including phenoxy) is 3. The average Bonchev–Trinajstić information content (AvgIpc) is 3.11. The quantitative estimate of drug-likeness (QED) is 0.260. The number of Topliss-reactive ketones (excluding diaryl/α,β-unsaturated/α-hetero) is 1. The van der Waals surface area contributed by atoms with Gasteiger partial charge in [-0.3, -0.25) is 14.4 Å². The van der Waals surface area contributed by atoms with Crippen LogP contribution >= 0.6 is 0 Å². The van der Waals surface area contributed by atoms with E-state index in [1.54, 1.807) is 0 Å². The number of allylic oxidation sites excluding steroid dienone is 1. The van der Waals surface area contributed by atoms with E-state index in [1.165, 1.54) is 12.5 Å². The molecule has 3 fully saturated rings. The largest absolute Gasteiger partial charge is 0.458 e. The van der Waals surface area contributed by atoms with Crippen molar-refractivity contribution in [1.82, 2.24) is 0 Å². The van der Waals surface area contributed by atoms with Gasteiger partial charge >= 0.3 is 5.97 Å². The summed E-state index contributed by atoms with van der Waals surface area (Å²) in [6, 6.07) is 0. The Morgan fingerprint density at radius 2 is 1.82 bits per heavy atom. The van der Waals surface area contributed by atoms with Crippen molar-refractivity contribution in [2.24, 2.45) is 28.6 Å². The van der Waals surface area contributed by atoms with Crippen molar-refractivity contribution >= 4 is 17.5 Å². The standard InChI is InChI=1S/C28H42O6/c1-5-6-15-32-18-34-28(25(31)17-33-19(2)29)14-11-24-22-8-7-20-16-21(30)9-12-26(20,3)23(22)10-13-27(24,28)4/h16,22-24H,5-15,17-18H2,1-4H3/t22-,23+,24+,26+,27+,28+/m1/s1. The van der Waals surface area contributed by atoms with Crippen LogP contribution in [0.5, 0.6) is 0 Å². The molecule has 3 saturated carbocycles. The minimum Gasteiger partial charge on any atom is -0.458 e. The second-order valence-corrected chi connectivity index (χ2v) is 11.5. The monoisotopic (exact) mass is 474 g/mol. The molecule has 6 nitrogen and oxygen atoms in total. The van der Waals surface area contributed by atoms with Crippen LogP contribution in [0, 0.1) is 28.6 Å². The zero-order valence-electron chi connectivity index (χ0n) is 21.5. The molecule has 0 aromatic carbocycles.